The number of methoxy groups -OCH3 is 1. The number of rotatable bonds is 3. The Bertz CT molecular complexity index is 346. The first kappa shape index (κ1) is 8.38. The molecule has 0 aliphatic heterocycles. The third-order valence-corrected chi connectivity index (χ3v) is 3.48. The molecule has 0 saturated heterocycles. The number of aliphatic hydroxyl groups is 1. The monoisotopic (exact) mass is 195 g/mol. The number of aromatic nitrogens is 3. The summed E-state index contributed by atoms with van der Waals surface area (Å²) in [6.45, 7) is 0. The van der Waals surface area contributed by atoms with Crippen molar-refractivity contribution < 1.29 is 9.84 Å². The first-order valence-corrected chi connectivity index (χ1v) is 4.87. The molecule has 76 valence electrons. The molecule has 3 aliphatic carbocycles. The van der Waals surface area contributed by atoms with Crippen molar-refractivity contribution in [2.45, 2.75) is 31.1 Å². The maximum Gasteiger partial charge on any atom is 0.201 e. The predicted molar refractivity (Wildman–Crippen MR) is 47.3 cm³/mol. The number of nitrogens with zero attached hydrogens (tertiary/aromatic N) is 3. The van der Waals surface area contributed by atoms with Crippen molar-refractivity contribution in [1.29, 1.82) is 0 Å². The van der Waals surface area contributed by atoms with Crippen molar-refractivity contribution in [3.8, 4) is 0 Å². The van der Waals surface area contributed by atoms with Crippen LogP contribution in [0.3, 0.4) is 0 Å². The average Bonchev–Trinajstić information content (AvgIpc) is 2.46. The average molecular weight is 195 g/mol. The first-order chi connectivity index (χ1) is 6.73. The highest BCUT2D eigenvalue weighted by atomic mass is 16.6. The van der Waals surface area contributed by atoms with E-state index in [4.69, 9.17) is 4.74 Å². The van der Waals surface area contributed by atoms with E-state index in [9.17, 15) is 5.11 Å². The number of aliphatic hydroxyl groups excluding tert-OH is 1. The summed E-state index contributed by atoms with van der Waals surface area (Å²) in [6.07, 6.45) is 4.51. The molecule has 1 unspecified atom stereocenters. The van der Waals surface area contributed by atoms with Gasteiger partial charge in [-0.1, -0.05) is 5.21 Å². The molecule has 3 saturated carbocycles. The van der Waals surface area contributed by atoms with Gasteiger partial charge in [-0.25, -0.2) is 4.68 Å². The van der Waals surface area contributed by atoms with Gasteiger partial charge in [-0.05, 0) is 25.2 Å². The minimum absolute atomic E-state index is 0.239. The van der Waals surface area contributed by atoms with Gasteiger partial charge in [0.25, 0.3) is 0 Å². The van der Waals surface area contributed by atoms with Crippen LogP contribution in [0, 0.1) is 5.92 Å². The number of hydrogen-bond acceptors (Lipinski definition) is 4. The largest absolute Gasteiger partial charge is 0.363 e. The van der Waals surface area contributed by atoms with E-state index in [1.54, 1.807) is 6.20 Å². The van der Waals surface area contributed by atoms with Gasteiger partial charge >= 0.3 is 0 Å². The van der Waals surface area contributed by atoms with Crippen LogP contribution in [0.2, 0.25) is 0 Å². The van der Waals surface area contributed by atoms with E-state index in [1.807, 2.05) is 4.68 Å². The third kappa shape index (κ3) is 0.911. The summed E-state index contributed by atoms with van der Waals surface area (Å²) in [5.74, 6) is 0.912. The van der Waals surface area contributed by atoms with Gasteiger partial charge in [0.15, 0.2) is 0 Å². The molecule has 14 heavy (non-hydrogen) atoms. The van der Waals surface area contributed by atoms with Crippen molar-refractivity contribution in [3.05, 3.63) is 11.9 Å². The highest BCUT2D eigenvalue weighted by molar-refractivity contribution is 5.12. The van der Waals surface area contributed by atoms with Crippen LogP contribution in [-0.4, -0.2) is 27.2 Å². The second-order valence-corrected chi connectivity index (χ2v) is 4.38. The maximum atomic E-state index is 9.37. The molecule has 0 spiro atoms. The molecular formula is C9H13N3O2. The Labute approximate surface area is 81.7 Å². The Morgan fingerprint density at radius 1 is 1.64 bits per heavy atom. The van der Waals surface area contributed by atoms with Crippen LogP contribution in [-0.2, 0) is 10.3 Å². The fraction of sp³-hybridized carbons (Fsp3) is 0.778. The lowest BCUT2D eigenvalue weighted by atomic mass is 9.50. The molecule has 0 amide bonds. The lowest BCUT2D eigenvalue weighted by molar-refractivity contribution is -0.0995. The third-order valence-electron chi connectivity index (χ3n) is 3.48. The zero-order valence-electron chi connectivity index (χ0n) is 8.05. The van der Waals surface area contributed by atoms with Gasteiger partial charge in [-0.2, -0.15) is 0 Å². The van der Waals surface area contributed by atoms with Gasteiger partial charge < -0.3 is 9.84 Å². The van der Waals surface area contributed by atoms with Crippen LogP contribution >= 0.6 is 0 Å². The number of hydrogen-bond donors (Lipinski definition) is 1. The van der Waals surface area contributed by atoms with Crippen molar-refractivity contribution in [2.75, 3.05) is 7.11 Å². The Balaban J connectivity index is 1.83. The second-order valence-electron chi connectivity index (χ2n) is 4.38. The second kappa shape index (κ2) is 2.55. The van der Waals surface area contributed by atoms with E-state index >= 15 is 0 Å². The Morgan fingerprint density at radius 2 is 2.36 bits per heavy atom. The minimum Gasteiger partial charge on any atom is -0.363 e. The van der Waals surface area contributed by atoms with E-state index in [2.05, 4.69) is 10.3 Å². The van der Waals surface area contributed by atoms with E-state index in [1.165, 1.54) is 26.4 Å². The summed E-state index contributed by atoms with van der Waals surface area (Å²) in [7, 11) is 1.45. The van der Waals surface area contributed by atoms with E-state index in [0.717, 1.165) is 5.92 Å². The van der Waals surface area contributed by atoms with Crippen molar-refractivity contribution >= 4 is 0 Å². The highest BCUT2D eigenvalue weighted by Crippen LogP contribution is 2.61. The Morgan fingerprint density at radius 3 is 2.86 bits per heavy atom. The first-order valence-electron chi connectivity index (χ1n) is 4.87. The van der Waals surface area contributed by atoms with Gasteiger partial charge in [0.1, 0.15) is 5.69 Å². The molecule has 4 rings (SSSR count). The zero-order valence-corrected chi connectivity index (χ0v) is 8.05. The lowest BCUT2D eigenvalue weighted by Gasteiger charge is -2.61. The molecule has 1 heterocycles. The summed E-state index contributed by atoms with van der Waals surface area (Å²) >= 11 is 0. The highest BCUT2D eigenvalue weighted by Gasteiger charge is 2.58. The van der Waals surface area contributed by atoms with Gasteiger partial charge in [0.05, 0.1) is 11.7 Å². The summed E-state index contributed by atoms with van der Waals surface area (Å²) in [5.41, 5.74) is 0.737. The molecule has 0 radical (unpaired) electrons. The molecule has 1 aromatic heterocycles. The van der Waals surface area contributed by atoms with Crippen molar-refractivity contribution in [2.24, 2.45) is 5.92 Å². The lowest BCUT2D eigenvalue weighted by Crippen LogP contribution is -2.59. The summed E-state index contributed by atoms with van der Waals surface area (Å²) in [4.78, 5) is 0. The van der Waals surface area contributed by atoms with Gasteiger partial charge in [-0.3, -0.25) is 0 Å². The van der Waals surface area contributed by atoms with E-state index in [-0.39, 0.29) is 5.54 Å². The molecule has 0 aromatic carbocycles. The smallest absolute Gasteiger partial charge is 0.201 e. The topological polar surface area (TPSA) is 60.2 Å². The van der Waals surface area contributed by atoms with Crippen LogP contribution in [0.25, 0.3) is 0 Å². The molecule has 5 heteroatoms. The fourth-order valence-electron chi connectivity index (χ4n) is 2.46. The van der Waals surface area contributed by atoms with Gasteiger partial charge in [-0.15, -0.1) is 5.10 Å². The SMILES string of the molecule is COC(O)c1cn(C23CC(C2)C3)nn1. The van der Waals surface area contributed by atoms with Crippen LogP contribution in [0.5, 0.6) is 0 Å². The minimum atomic E-state index is -0.948. The molecule has 1 aromatic rings. The van der Waals surface area contributed by atoms with Crippen LogP contribution in [0.15, 0.2) is 6.20 Å². The molecule has 3 fully saturated rings. The quantitative estimate of drug-likeness (QED) is 0.710. The number of ether oxygens (including phenoxy) is 1. The molecule has 1 N–H and O–H groups in total. The Hall–Kier alpha value is -0.940. The van der Waals surface area contributed by atoms with Crippen LogP contribution in [0.4, 0.5) is 0 Å². The van der Waals surface area contributed by atoms with Crippen LogP contribution in [0.1, 0.15) is 31.2 Å². The molecular weight excluding hydrogens is 182 g/mol. The fourth-order valence-corrected chi connectivity index (χ4v) is 2.46. The van der Waals surface area contributed by atoms with E-state index < -0.39 is 6.29 Å². The summed E-state index contributed by atoms with van der Waals surface area (Å²) in [5, 5.41) is 17.3. The molecule has 2 bridgehead atoms. The Kier molecular flexibility index (Phi) is 1.52. The zero-order chi connectivity index (χ0) is 9.76. The maximum absolute atomic E-state index is 9.37. The normalized spacial score (nSPS) is 36.0. The van der Waals surface area contributed by atoms with E-state index in [0.29, 0.717) is 5.69 Å². The van der Waals surface area contributed by atoms with Gasteiger partial charge in [0, 0.05) is 7.11 Å². The van der Waals surface area contributed by atoms with Crippen molar-refractivity contribution in [3.63, 3.8) is 0 Å². The predicted octanol–water partition coefficient (Wildman–Crippen LogP) is 0.424. The molecule has 3 aliphatic rings. The standard InChI is InChI=1S/C9H13N3O2/c1-14-8(13)7-5-12(11-10-7)9-2-6(3-9)4-9/h5-6,8,13H,2-4H2,1H3. The molecule has 5 nitrogen and oxygen atoms in total. The summed E-state index contributed by atoms with van der Waals surface area (Å²) in [6, 6.07) is 0. The van der Waals surface area contributed by atoms with Crippen molar-refractivity contribution in [1.82, 2.24) is 15.0 Å². The summed E-state index contributed by atoms with van der Waals surface area (Å²) < 4.78 is 6.66. The van der Waals surface area contributed by atoms with Gasteiger partial charge in [0.2, 0.25) is 6.29 Å². The molecule has 1 atom stereocenters. The van der Waals surface area contributed by atoms with Crippen LogP contribution < -0.4 is 0 Å².